The van der Waals surface area contributed by atoms with Crippen LogP contribution in [0.2, 0.25) is 0 Å². The van der Waals surface area contributed by atoms with Gasteiger partial charge in [0.15, 0.2) is 0 Å². The molecule has 2 rings (SSSR count). The molecule has 1 aromatic heterocycles. The molecule has 0 bridgehead atoms. The van der Waals surface area contributed by atoms with Crippen molar-refractivity contribution in [1.29, 1.82) is 0 Å². The van der Waals surface area contributed by atoms with Crippen molar-refractivity contribution in [2.75, 3.05) is 13.2 Å². The van der Waals surface area contributed by atoms with Crippen LogP contribution in [0, 0.1) is 18.3 Å². The largest absolute Gasteiger partial charge is 0.460 e. The van der Waals surface area contributed by atoms with E-state index in [2.05, 4.69) is 44.6 Å². The predicted octanol–water partition coefficient (Wildman–Crippen LogP) is 9.72. The van der Waals surface area contributed by atoms with Crippen molar-refractivity contribution >= 4 is 5.97 Å². The average Bonchev–Trinajstić information content (AvgIpc) is 3.27. The lowest BCUT2D eigenvalue weighted by molar-refractivity contribution is -0.157. The molecule has 236 valence electrons. The van der Waals surface area contributed by atoms with Gasteiger partial charge in [0, 0.05) is 12.5 Å². The van der Waals surface area contributed by atoms with Gasteiger partial charge in [0.2, 0.25) is 0 Å². The summed E-state index contributed by atoms with van der Waals surface area (Å²) in [5.74, 6) is 1.04. The minimum Gasteiger partial charge on any atom is -0.460 e. The highest BCUT2D eigenvalue weighted by molar-refractivity contribution is 5.70. The van der Waals surface area contributed by atoms with Crippen molar-refractivity contribution in [3.05, 3.63) is 47.8 Å². The smallest absolute Gasteiger partial charge is 0.308 e. The van der Waals surface area contributed by atoms with Crippen LogP contribution >= 0.6 is 0 Å². The maximum absolute atomic E-state index is 12.9. The Labute approximate surface area is 253 Å². The fourth-order valence-electron chi connectivity index (χ4n) is 5.12. The predicted molar refractivity (Wildman–Crippen MR) is 174 cm³/mol. The summed E-state index contributed by atoms with van der Waals surface area (Å²) in [6, 6.07) is -0.103. The second kappa shape index (κ2) is 19.8. The second-order valence-corrected chi connectivity index (χ2v) is 12.4. The van der Waals surface area contributed by atoms with Gasteiger partial charge in [-0.15, -0.1) is 5.10 Å². The Bertz CT molecular complexity index is 931. The highest BCUT2D eigenvalue weighted by Gasteiger charge is 2.36. The fraction of sp³-hybridized carbons (Fsp3) is 0.743. The first-order valence-corrected chi connectivity index (χ1v) is 16.0. The zero-order chi connectivity index (χ0) is 31.6. The number of carbonyl (C=O) groups excluding carboxylic acids is 1. The van der Waals surface area contributed by atoms with E-state index in [1.807, 2.05) is 78.3 Å². The molecule has 0 N–H and O–H groups in total. The molecule has 0 amide bonds. The van der Waals surface area contributed by atoms with Gasteiger partial charge in [0.1, 0.15) is 5.60 Å². The quantitative estimate of drug-likeness (QED) is 0.119. The number of esters is 1. The summed E-state index contributed by atoms with van der Waals surface area (Å²) in [6.07, 6.45) is 14.0. The normalized spacial score (nSPS) is 18.0. The summed E-state index contributed by atoms with van der Waals surface area (Å²) in [5, 5.41) is 9.15. The summed E-state index contributed by atoms with van der Waals surface area (Å²) in [4.78, 5) is 12.9. The fourth-order valence-corrected chi connectivity index (χ4v) is 5.12. The van der Waals surface area contributed by atoms with E-state index in [-0.39, 0.29) is 18.4 Å². The average molecular weight is 574 g/mol. The zero-order valence-corrected chi connectivity index (χ0v) is 28.7. The van der Waals surface area contributed by atoms with Crippen LogP contribution in [0.1, 0.15) is 144 Å². The van der Waals surface area contributed by atoms with E-state index in [0.29, 0.717) is 24.5 Å². The summed E-state index contributed by atoms with van der Waals surface area (Å²) in [5.41, 5.74) is 3.15. The first-order chi connectivity index (χ1) is 19.4. The third-order valence-corrected chi connectivity index (χ3v) is 7.28. The summed E-state index contributed by atoms with van der Waals surface area (Å²) in [7, 11) is 0. The van der Waals surface area contributed by atoms with E-state index >= 15 is 0 Å². The molecule has 6 heteroatoms. The van der Waals surface area contributed by atoms with Crippen LogP contribution in [-0.4, -0.2) is 39.8 Å². The number of ether oxygens (including phenoxy) is 2. The van der Waals surface area contributed by atoms with E-state index in [9.17, 15) is 4.79 Å². The standard InChI is InChI=1S/C31H51N3O3.2C2H6/c1-10-14-24(15-11-2)22-36-17-13-16-27(20-28(35)37-31(8,9)12-3)34-23(4)29(32-33-34)26-18-25(19-26)21-30(5,6)7;2*1-2/h10-11,14-15,25-27H,1,12-13,16-22H2,2-9H3;2*1-2H3/b15-11-,24-14+;;/t25?,26?,27-;;/m0../s1. The molecule has 1 aliphatic rings. The van der Waals surface area contributed by atoms with Gasteiger partial charge in [-0.25, -0.2) is 4.68 Å². The van der Waals surface area contributed by atoms with E-state index in [1.54, 1.807) is 6.08 Å². The van der Waals surface area contributed by atoms with Gasteiger partial charge in [-0.1, -0.05) is 91.5 Å². The van der Waals surface area contributed by atoms with Crippen LogP contribution in [0.15, 0.2) is 36.5 Å². The molecule has 0 radical (unpaired) electrons. The molecule has 1 atom stereocenters. The molecule has 0 saturated heterocycles. The zero-order valence-electron chi connectivity index (χ0n) is 28.7. The molecule has 0 spiro atoms. The lowest BCUT2D eigenvalue weighted by Gasteiger charge is -2.38. The minimum absolute atomic E-state index is 0.103. The SMILES string of the molecule is C=C/C=C(\C=C/C)COCCC[C@@H](CC(=O)OC(C)(C)CC)n1nnc(C2CC(CC(C)(C)C)C2)c1C.CC.CC. The maximum atomic E-state index is 12.9. The van der Waals surface area contributed by atoms with Crippen molar-refractivity contribution < 1.29 is 14.3 Å². The molecule has 0 aromatic carbocycles. The number of aromatic nitrogens is 3. The van der Waals surface area contributed by atoms with Crippen molar-refractivity contribution in [1.82, 2.24) is 15.0 Å². The Kier molecular flexibility index (Phi) is 18.8. The lowest BCUT2D eigenvalue weighted by Crippen LogP contribution is -2.29. The van der Waals surface area contributed by atoms with E-state index in [1.165, 1.54) is 19.3 Å². The van der Waals surface area contributed by atoms with Crippen molar-refractivity contribution in [2.45, 2.75) is 146 Å². The number of rotatable bonds is 15. The summed E-state index contributed by atoms with van der Waals surface area (Å²) in [6.45, 7) is 29.9. The second-order valence-electron chi connectivity index (χ2n) is 12.4. The van der Waals surface area contributed by atoms with Gasteiger partial charge in [-0.05, 0) is 83.1 Å². The number of hydrogen-bond acceptors (Lipinski definition) is 5. The minimum atomic E-state index is -0.470. The molecular weight excluding hydrogens is 510 g/mol. The van der Waals surface area contributed by atoms with Crippen LogP contribution in [-0.2, 0) is 14.3 Å². The third kappa shape index (κ3) is 14.5. The maximum Gasteiger partial charge on any atom is 0.308 e. The first-order valence-electron chi connectivity index (χ1n) is 16.0. The van der Waals surface area contributed by atoms with Crippen LogP contribution in [0.3, 0.4) is 0 Å². The molecule has 1 saturated carbocycles. The number of hydrogen-bond donors (Lipinski definition) is 0. The molecule has 6 nitrogen and oxygen atoms in total. The lowest BCUT2D eigenvalue weighted by atomic mass is 9.67. The van der Waals surface area contributed by atoms with Gasteiger partial charge in [0.05, 0.1) is 30.5 Å². The van der Waals surface area contributed by atoms with E-state index < -0.39 is 5.60 Å². The Morgan fingerprint density at radius 3 is 2.32 bits per heavy atom. The molecule has 41 heavy (non-hydrogen) atoms. The molecule has 0 aliphatic heterocycles. The van der Waals surface area contributed by atoms with E-state index in [0.717, 1.165) is 42.1 Å². The highest BCUT2D eigenvalue weighted by atomic mass is 16.6. The van der Waals surface area contributed by atoms with Crippen molar-refractivity contribution in [3.8, 4) is 0 Å². The van der Waals surface area contributed by atoms with Crippen molar-refractivity contribution in [3.63, 3.8) is 0 Å². The molecular formula is C35H63N3O3. The monoisotopic (exact) mass is 573 g/mol. The number of allylic oxidation sites excluding steroid dienone is 3. The van der Waals surface area contributed by atoms with E-state index in [4.69, 9.17) is 9.47 Å². The van der Waals surface area contributed by atoms with Gasteiger partial charge in [-0.2, -0.15) is 0 Å². The topological polar surface area (TPSA) is 66.2 Å². The number of nitrogens with zero attached hydrogens (tertiary/aromatic N) is 3. The molecule has 1 aliphatic carbocycles. The first kappa shape index (κ1) is 38.8. The Balaban J connectivity index is 0.00000382. The van der Waals surface area contributed by atoms with Gasteiger partial charge >= 0.3 is 5.97 Å². The highest BCUT2D eigenvalue weighted by Crippen LogP contribution is 2.47. The summed E-state index contributed by atoms with van der Waals surface area (Å²) >= 11 is 0. The number of carbonyl (C=O) groups is 1. The van der Waals surface area contributed by atoms with Gasteiger partial charge in [-0.3, -0.25) is 4.79 Å². The van der Waals surface area contributed by atoms with Crippen LogP contribution < -0.4 is 0 Å². The molecule has 0 unspecified atom stereocenters. The molecule has 1 fully saturated rings. The van der Waals surface area contributed by atoms with Crippen LogP contribution in [0.4, 0.5) is 0 Å². The Morgan fingerprint density at radius 2 is 1.78 bits per heavy atom. The Morgan fingerprint density at radius 1 is 1.15 bits per heavy atom. The van der Waals surface area contributed by atoms with Crippen LogP contribution in [0.5, 0.6) is 0 Å². The third-order valence-electron chi connectivity index (χ3n) is 7.28. The van der Waals surface area contributed by atoms with Crippen molar-refractivity contribution in [2.24, 2.45) is 11.3 Å². The van der Waals surface area contributed by atoms with Gasteiger partial charge in [0.25, 0.3) is 0 Å². The Hall–Kier alpha value is -2.21. The van der Waals surface area contributed by atoms with Gasteiger partial charge < -0.3 is 9.47 Å². The van der Waals surface area contributed by atoms with Crippen LogP contribution in [0.25, 0.3) is 0 Å². The summed E-state index contributed by atoms with van der Waals surface area (Å²) < 4.78 is 13.7. The molecule has 1 aromatic rings. The molecule has 1 heterocycles.